The van der Waals surface area contributed by atoms with Gasteiger partial charge < -0.3 is 14.5 Å². The van der Waals surface area contributed by atoms with Crippen LogP contribution >= 0.6 is 15.9 Å². The summed E-state index contributed by atoms with van der Waals surface area (Å²) in [4.78, 5) is 27.7. The number of aromatic nitrogens is 1. The summed E-state index contributed by atoms with van der Waals surface area (Å²) < 4.78 is 39.1. The van der Waals surface area contributed by atoms with Crippen LogP contribution in [0.5, 0.6) is 5.75 Å². The van der Waals surface area contributed by atoms with Gasteiger partial charge in [-0.05, 0) is 71.2 Å². The molecule has 11 nitrogen and oxygen atoms in total. The number of hydrogen-bond acceptors (Lipinski definition) is 8. The van der Waals surface area contributed by atoms with Crippen LogP contribution in [0, 0.1) is 16.0 Å². The van der Waals surface area contributed by atoms with Crippen molar-refractivity contribution in [3.8, 4) is 17.2 Å². The predicted octanol–water partition coefficient (Wildman–Crippen LogP) is 5.21. The number of piperidine rings is 1. The SMILES string of the molecule is COc1ccc(-c2nc3ccc(NC(=O)C4CCN(S(=O)(=O)c5ccc([N+](=O)[O-])cc5)CC4)cc3o2)c(Br)c1. The molecule has 0 bridgehead atoms. The molecule has 0 aliphatic carbocycles. The molecule has 0 atom stereocenters. The summed E-state index contributed by atoms with van der Waals surface area (Å²) in [6, 6.07) is 15.4. The van der Waals surface area contributed by atoms with Gasteiger partial charge in [0.2, 0.25) is 21.8 Å². The first-order valence-electron chi connectivity index (χ1n) is 12.0. The molecular weight excluding hydrogens is 592 g/mol. The molecule has 13 heteroatoms. The van der Waals surface area contributed by atoms with E-state index in [0.717, 1.165) is 22.2 Å². The quantitative estimate of drug-likeness (QED) is 0.220. The molecule has 1 N–H and O–H groups in total. The number of rotatable bonds is 7. The highest BCUT2D eigenvalue weighted by atomic mass is 79.9. The molecule has 1 aliphatic heterocycles. The Labute approximate surface area is 232 Å². The normalized spacial score (nSPS) is 14.8. The molecule has 1 saturated heterocycles. The van der Waals surface area contributed by atoms with E-state index in [1.165, 1.54) is 16.4 Å². The standard InChI is InChI=1S/C26H23BrN4O7S/c1-37-19-5-8-21(22(27)15-19)26-29-23-9-2-17(14-24(23)38-26)28-25(32)16-10-12-30(13-11-16)39(35,36)20-6-3-18(4-7-20)31(33)34/h2-9,14-16H,10-13H2,1H3,(H,28,32). The Morgan fingerprint density at radius 1 is 1.13 bits per heavy atom. The Hall–Kier alpha value is -3.81. The number of benzene rings is 3. The zero-order valence-electron chi connectivity index (χ0n) is 20.7. The summed E-state index contributed by atoms with van der Waals surface area (Å²) >= 11 is 3.51. The van der Waals surface area contributed by atoms with Crippen LogP contribution in [0.1, 0.15) is 12.8 Å². The number of sulfonamides is 1. The highest BCUT2D eigenvalue weighted by Crippen LogP contribution is 2.34. The largest absolute Gasteiger partial charge is 0.497 e. The second kappa shape index (κ2) is 10.8. The fourth-order valence-electron chi connectivity index (χ4n) is 4.41. The Morgan fingerprint density at radius 2 is 1.85 bits per heavy atom. The molecule has 3 aromatic carbocycles. The minimum absolute atomic E-state index is 0.0163. The van der Waals surface area contributed by atoms with Crippen LogP contribution in [0.25, 0.3) is 22.6 Å². The minimum Gasteiger partial charge on any atom is -0.497 e. The van der Waals surface area contributed by atoms with Crippen molar-refractivity contribution in [3.05, 3.63) is 75.3 Å². The number of fused-ring (bicyclic) bond motifs is 1. The maximum absolute atomic E-state index is 13.0. The van der Waals surface area contributed by atoms with Crippen LogP contribution in [-0.4, -0.2) is 48.7 Å². The number of oxazole rings is 1. The van der Waals surface area contributed by atoms with E-state index in [4.69, 9.17) is 9.15 Å². The first-order chi connectivity index (χ1) is 18.7. The lowest BCUT2D eigenvalue weighted by Gasteiger charge is -2.30. The molecular formula is C26H23BrN4O7S. The highest BCUT2D eigenvalue weighted by Gasteiger charge is 2.32. The summed E-state index contributed by atoms with van der Waals surface area (Å²) in [5.41, 5.74) is 2.26. The van der Waals surface area contributed by atoms with Crippen molar-refractivity contribution in [1.29, 1.82) is 0 Å². The van der Waals surface area contributed by atoms with E-state index in [-0.39, 0.29) is 35.5 Å². The first-order valence-corrected chi connectivity index (χ1v) is 14.2. The van der Waals surface area contributed by atoms with Crippen molar-refractivity contribution in [2.75, 3.05) is 25.5 Å². The minimum atomic E-state index is -3.82. The van der Waals surface area contributed by atoms with Gasteiger partial charge in [-0.2, -0.15) is 4.31 Å². The van der Waals surface area contributed by atoms with Crippen LogP contribution in [0.3, 0.4) is 0 Å². The van der Waals surface area contributed by atoms with Gasteiger partial charge in [0.15, 0.2) is 5.58 Å². The van der Waals surface area contributed by atoms with Gasteiger partial charge in [-0.1, -0.05) is 0 Å². The fourth-order valence-corrected chi connectivity index (χ4v) is 6.40. The Bertz CT molecular complexity index is 1660. The van der Waals surface area contributed by atoms with Crippen molar-refractivity contribution in [2.45, 2.75) is 17.7 Å². The zero-order valence-corrected chi connectivity index (χ0v) is 23.1. The van der Waals surface area contributed by atoms with Crippen molar-refractivity contribution in [3.63, 3.8) is 0 Å². The van der Waals surface area contributed by atoms with Crippen LogP contribution in [0.15, 0.2) is 74.4 Å². The third kappa shape index (κ3) is 5.51. The smallest absolute Gasteiger partial charge is 0.269 e. The number of methoxy groups -OCH3 is 1. The third-order valence-electron chi connectivity index (χ3n) is 6.57. The molecule has 1 aromatic heterocycles. The van der Waals surface area contributed by atoms with Crippen LogP contribution in [-0.2, 0) is 14.8 Å². The van der Waals surface area contributed by atoms with Crippen molar-refractivity contribution >= 4 is 54.3 Å². The van der Waals surface area contributed by atoms with Crippen molar-refractivity contribution in [1.82, 2.24) is 9.29 Å². The van der Waals surface area contributed by atoms with Crippen molar-refractivity contribution in [2.24, 2.45) is 5.92 Å². The number of anilines is 1. The van der Waals surface area contributed by atoms with E-state index in [0.29, 0.717) is 41.3 Å². The number of hydrogen-bond donors (Lipinski definition) is 1. The van der Waals surface area contributed by atoms with E-state index in [9.17, 15) is 23.3 Å². The average molecular weight is 615 g/mol. The zero-order chi connectivity index (χ0) is 27.7. The van der Waals surface area contributed by atoms with Crippen LogP contribution < -0.4 is 10.1 Å². The fraction of sp³-hybridized carbons (Fsp3) is 0.231. The Balaban J connectivity index is 1.23. The first kappa shape index (κ1) is 26.8. The van der Waals surface area contributed by atoms with E-state index in [1.54, 1.807) is 25.3 Å². The number of nitro benzene ring substituents is 1. The summed E-state index contributed by atoms with van der Waals surface area (Å²) in [5, 5.41) is 13.7. The molecule has 5 rings (SSSR count). The van der Waals surface area contributed by atoms with Gasteiger partial charge in [0.25, 0.3) is 5.69 Å². The lowest BCUT2D eigenvalue weighted by Crippen LogP contribution is -2.41. The predicted molar refractivity (Wildman–Crippen MR) is 147 cm³/mol. The summed E-state index contributed by atoms with van der Waals surface area (Å²) in [7, 11) is -2.23. The highest BCUT2D eigenvalue weighted by molar-refractivity contribution is 9.10. The average Bonchev–Trinajstić information content (AvgIpc) is 3.36. The molecule has 0 spiro atoms. The van der Waals surface area contributed by atoms with E-state index in [1.807, 2.05) is 18.2 Å². The number of non-ortho nitro benzene ring substituents is 1. The number of carbonyl (C=O) groups excluding carboxylic acids is 1. The lowest BCUT2D eigenvalue weighted by atomic mass is 9.97. The molecule has 4 aromatic rings. The number of ether oxygens (including phenoxy) is 1. The van der Waals surface area contributed by atoms with Crippen LogP contribution in [0.2, 0.25) is 0 Å². The van der Waals surface area contributed by atoms with E-state index < -0.39 is 14.9 Å². The van der Waals surface area contributed by atoms with Gasteiger partial charge in [-0.25, -0.2) is 13.4 Å². The van der Waals surface area contributed by atoms with Gasteiger partial charge in [0.05, 0.1) is 22.5 Å². The maximum atomic E-state index is 13.0. The molecule has 0 radical (unpaired) electrons. The Kier molecular flexibility index (Phi) is 7.38. The van der Waals surface area contributed by atoms with Gasteiger partial charge in [0, 0.05) is 47.4 Å². The van der Waals surface area contributed by atoms with Crippen LogP contribution in [0.4, 0.5) is 11.4 Å². The number of nitrogens with zero attached hydrogens (tertiary/aromatic N) is 3. The molecule has 1 amide bonds. The number of carbonyl (C=O) groups is 1. The summed E-state index contributed by atoms with van der Waals surface area (Å²) in [6.07, 6.45) is 0.691. The van der Waals surface area contributed by atoms with Gasteiger partial charge >= 0.3 is 0 Å². The van der Waals surface area contributed by atoms with Gasteiger partial charge in [-0.15, -0.1) is 0 Å². The number of nitro groups is 1. The second-order valence-electron chi connectivity index (χ2n) is 8.97. The number of amides is 1. The Morgan fingerprint density at radius 3 is 2.49 bits per heavy atom. The summed E-state index contributed by atoms with van der Waals surface area (Å²) in [6.45, 7) is 0.331. The monoisotopic (exact) mass is 614 g/mol. The van der Waals surface area contributed by atoms with E-state index in [2.05, 4.69) is 26.2 Å². The lowest BCUT2D eigenvalue weighted by molar-refractivity contribution is -0.384. The van der Waals surface area contributed by atoms with Gasteiger partial charge in [0.1, 0.15) is 11.3 Å². The molecule has 1 aliphatic rings. The molecule has 1 fully saturated rings. The summed E-state index contributed by atoms with van der Waals surface area (Å²) in [5.74, 6) is 0.537. The molecule has 39 heavy (non-hydrogen) atoms. The number of nitrogens with one attached hydrogen (secondary N) is 1. The molecule has 0 saturated carbocycles. The second-order valence-corrected chi connectivity index (χ2v) is 11.8. The molecule has 0 unspecified atom stereocenters. The topological polar surface area (TPSA) is 145 Å². The molecule has 202 valence electrons. The third-order valence-corrected chi connectivity index (χ3v) is 9.14. The maximum Gasteiger partial charge on any atom is 0.269 e. The van der Waals surface area contributed by atoms with E-state index >= 15 is 0 Å². The number of halogens is 1. The molecule has 2 heterocycles. The van der Waals surface area contributed by atoms with Crippen molar-refractivity contribution < 1.29 is 27.3 Å². The van der Waals surface area contributed by atoms with Gasteiger partial charge in [-0.3, -0.25) is 14.9 Å².